The average molecular weight is 279 g/mol. The predicted octanol–water partition coefficient (Wildman–Crippen LogP) is 2.04. The summed E-state index contributed by atoms with van der Waals surface area (Å²) in [5.41, 5.74) is 0.696. The molecule has 0 bridgehead atoms. The van der Waals surface area contributed by atoms with Crippen molar-refractivity contribution in [3.05, 3.63) is 23.8 Å². The molecular formula is C14H17NO3S. The third-order valence-electron chi connectivity index (χ3n) is 3.62. The van der Waals surface area contributed by atoms with Crippen molar-refractivity contribution < 1.29 is 14.3 Å². The number of carbonyl (C=O) groups excluding carboxylic acids is 1. The maximum Gasteiger partial charge on any atom is 0.231 e. The summed E-state index contributed by atoms with van der Waals surface area (Å²) in [6.07, 6.45) is 1.18. The Bertz CT molecular complexity index is 486. The highest BCUT2D eigenvalue weighted by Crippen LogP contribution is 2.32. The second-order valence-corrected chi connectivity index (χ2v) is 6.07. The van der Waals surface area contributed by atoms with Crippen molar-refractivity contribution in [3.8, 4) is 11.5 Å². The Labute approximate surface area is 117 Å². The number of benzene rings is 1. The zero-order chi connectivity index (χ0) is 13.2. The third-order valence-corrected chi connectivity index (χ3v) is 4.76. The fraction of sp³-hybridized carbons (Fsp3) is 0.500. The first-order chi connectivity index (χ1) is 9.24. The number of thioether (sulfide) groups is 1. The van der Waals surface area contributed by atoms with Crippen molar-refractivity contribution in [2.75, 3.05) is 31.9 Å². The molecule has 0 aliphatic carbocycles. The van der Waals surface area contributed by atoms with Crippen molar-refractivity contribution in [2.45, 2.75) is 12.5 Å². The van der Waals surface area contributed by atoms with Crippen LogP contribution in [0.4, 0.5) is 0 Å². The molecule has 1 unspecified atom stereocenters. The van der Waals surface area contributed by atoms with E-state index in [1.807, 2.05) is 24.9 Å². The first-order valence-corrected chi connectivity index (χ1v) is 7.60. The van der Waals surface area contributed by atoms with Crippen LogP contribution in [0.5, 0.6) is 11.5 Å². The molecule has 2 aliphatic rings. The molecule has 2 heterocycles. The van der Waals surface area contributed by atoms with Crippen LogP contribution in [-0.2, 0) is 0 Å². The summed E-state index contributed by atoms with van der Waals surface area (Å²) in [6, 6.07) is 5.93. The van der Waals surface area contributed by atoms with E-state index in [4.69, 9.17) is 9.47 Å². The Balaban J connectivity index is 1.66. The molecule has 2 aliphatic heterocycles. The average Bonchev–Trinajstić information content (AvgIpc) is 3.09. The molecule has 1 atom stereocenters. The number of hydrogen-bond acceptors (Lipinski definition) is 5. The number of rotatable bonds is 4. The Morgan fingerprint density at radius 2 is 2.26 bits per heavy atom. The van der Waals surface area contributed by atoms with Crippen molar-refractivity contribution in [2.24, 2.45) is 0 Å². The normalized spacial score (nSPS) is 21.1. The first kappa shape index (κ1) is 12.8. The van der Waals surface area contributed by atoms with Crippen LogP contribution >= 0.6 is 11.8 Å². The lowest BCUT2D eigenvalue weighted by molar-refractivity contribution is 0.0926. The van der Waals surface area contributed by atoms with Crippen molar-refractivity contribution >= 4 is 17.5 Å². The number of Topliss-reactive ketones (excluding diaryl/α,β-unsaturated/α-hetero) is 1. The molecule has 0 aromatic heterocycles. The molecule has 0 amide bonds. The lowest BCUT2D eigenvalue weighted by Crippen LogP contribution is -2.35. The summed E-state index contributed by atoms with van der Waals surface area (Å²) >= 11 is 1.96. The van der Waals surface area contributed by atoms with Gasteiger partial charge in [-0.05, 0) is 37.4 Å². The fourth-order valence-electron chi connectivity index (χ4n) is 2.39. The Morgan fingerprint density at radius 3 is 3.05 bits per heavy atom. The molecular weight excluding hydrogens is 262 g/mol. The maximum atomic E-state index is 12.3. The lowest BCUT2D eigenvalue weighted by atomic mass is 10.1. The molecule has 0 spiro atoms. The Kier molecular flexibility index (Phi) is 3.66. The third kappa shape index (κ3) is 2.72. The number of nitrogens with zero attached hydrogens (tertiary/aromatic N) is 1. The molecule has 1 fully saturated rings. The summed E-state index contributed by atoms with van der Waals surface area (Å²) in [6.45, 7) is 0.705. The fourth-order valence-corrected chi connectivity index (χ4v) is 3.69. The molecule has 1 aromatic carbocycles. The zero-order valence-corrected chi connectivity index (χ0v) is 11.7. The van der Waals surface area contributed by atoms with E-state index in [0.717, 1.165) is 11.5 Å². The van der Waals surface area contributed by atoms with Gasteiger partial charge in [-0.25, -0.2) is 0 Å². The number of fused-ring (bicyclic) bond motifs is 1. The predicted molar refractivity (Wildman–Crippen MR) is 75.3 cm³/mol. The topological polar surface area (TPSA) is 38.8 Å². The van der Waals surface area contributed by atoms with Crippen molar-refractivity contribution in [3.63, 3.8) is 0 Å². The molecule has 3 rings (SSSR count). The van der Waals surface area contributed by atoms with Gasteiger partial charge in [0.2, 0.25) is 6.79 Å². The minimum atomic E-state index is 0.137. The quantitative estimate of drug-likeness (QED) is 0.789. The molecule has 0 N–H and O–H groups in total. The molecule has 1 saturated heterocycles. The van der Waals surface area contributed by atoms with Gasteiger partial charge in [-0.15, -0.1) is 0 Å². The number of ether oxygens (including phenoxy) is 2. The summed E-state index contributed by atoms with van der Waals surface area (Å²) in [4.78, 5) is 14.4. The van der Waals surface area contributed by atoms with Crippen LogP contribution in [0.3, 0.4) is 0 Å². The molecule has 4 nitrogen and oxygen atoms in total. The van der Waals surface area contributed by atoms with Gasteiger partial charge in [0.25, 0.3) is 0 Å². The smallest absolute Gasteiger partial charge is 0.231 e. The van der Waals surface area contributed by atoms with Crippen LogP contribution in [0, 0.1) is 0 Å². The molecule has 19 heavy (non-hydrogen) atoms. The highest BCUT2D eigenvalue weighted by Gasteiger charge is 2.23. The standard InChI is InChI=1S/C14H17NO3S/c1-15(11-4-5-19-8-11)7-12(16)10-2-3-13-14(6-10)18-9-17-13/h2-3,6,11H,4-5,7-9H2,1H3. The number of likely N-dealkylation sites (N-methyl/N-ethyl adjacent to an activating group) is 1. The van der Waals surface area contributed by atoms with Gasteiger partial charge in [0.05, 0.1) is 6.54 Å². The van der Waals surface area contributed by atoms with Gasteiger partial charge in [0, 0.05) is 17.4 Å². The highest BCUT2D eigenvalue weighted by molar-refractivity contribution is 7.99. The molecule has 0 saturated carbocycles. The second-order valence-electron chi connectivity index (χ2n) is 4.92. The van der Waals surface area contributed by atoms with Crippen LogP contribution in [0.2, 0.25) is 0 Å². The summed E-state index contributed by atoms with van der Waals surface area (Å²) in [5.74, 6) is 3.86. The van der Waals surface area contributed by atoms with Crippen LogP contribution in [0.1, 0.15) is 16.8 Å². The molecule has 0 radical (unpaired) electrons. The number of hydrogen-bond donors (Lipinski definition) is 0. The summed E-state index contributed by atoms with van der Waals surface area (Å²) in [7, 11) is 2.03. The largest absolute Gasteiger partial charge is 0.454 e. The van der Waals surface area contributed by atoms with Crippen LogP contribution in [0.25, 0.3) is 0 Å². The van der Waals surface area contributed by atoms with Gasteiger partial charge < -0.3 is 9.47 Å². The van der Waals surface area contributed by atoms with E-state index in [1.54, 1.807) is 12.1 Å². The van der Waals surface area contributed by atoms with Gasteiger partial charge >= 0.3 is 0 Å². The van der Waals surface area contributed by atoms with E-state index in [9.17, 15) is 4.79 Å². The first-order valence-electron chi connectivity index (χ1n) is 6.45. The molecule has 102 valence electrons. The number of carbonyl (C=O) groups is 1. The van der Waals surface area contributed by atoms with Crippen molar-refractivity contribution in [1.82, 2.24) is 4.90 Å². The summed E-state index contributed by atoms with van der Waals surface area (Å²) < 4.78 is 10.6. The van der Waals surface area contributed by atoms with Crippen LogP contribution in [0.15, 0.2) is 18.2 Å². The lowest BCUT2D eigenvalue weighted by Gasteiger charge is -2.22. The van der Waals surface area contributed by atoms with Crippen LogP contribution in [-0.4, -0.2) is 48.6 Å². The van der Waals surface area contributed by atoms with E-state index in [-0.39, 0.29) is 12.6 Å². The van der Waals surface area contributed by atoms with Gasteiger partial charge in [0.15, 0.2) is 17.3 Å². The highest BCUT2D eigenvalue weighted by atomic mass is 32.2. The van der Waals surface area contributed by atoms with E-state index < -0.39 is 0 Å². The van der Waals surface area contributed by atoms with E-state index in [2.05, 4.69) is 4.90 Å². The summed E-state index contributed by atoms with van der Waals surface area (Å²) in [5, 5.41) is 0. The number of ketones is 1. The SMILES string of the molecule is CN(CC(=O)c1ccc2c(c1)OCO2)C1CCSC1. The van der Waals surface area contributed by atoms with E-state index in [0.29, 0.717) is 23.9 Å². The minimum Gasteiger partial charge on any atom is -0.454 e. The minimum absolute atomic E-state index is 0.137. The Hall–Kier alpha value is -1.20. The van der Waals surface area contributed by atoms with Gasteiger partial charge in [0.1, 0.15) is 0 Å². The maximum absolute atomic E-state index is 12.3. The zero-order valence-electron chi connectivity index (χ0n) is 10.9. The van der Waals surface area contributed by atoms with Crippen LogP contribution < -0.4 is 9.47 Å². The monoisotopic (exact) mass is 279 g/mol. The molecule has 5 heteroatoms. The van der Waals surface area contributed by atoms with Gasteiger partial charge in [-0.2, -0.15) is 11.8 Å². The second kappa shape index (κ2) is 5.43. The molecule has 1 aromatic rings. The van der Waals surface area contributed by atoms with Gasteiger partial charge in [-0.3, -0.25) is 9.69 Å². The van der Waals surface area contributed by atoms with Crippen molar-refractivity contribution in [1.29, 1.82) is 0 Å². The Morgan fingerprint density at radius 1 is 1.42 bits per heavy atom. The van der Waals surface area contributed by atoms with E-state index in [1.165, 1.54) is 12.2 Å². The van der Waals surface area contributed by atoms with E-state index >= 15 is 0 Å². The van der Waals surface area contributed by atoms with Gasteiger partial charge in [-0.1, -0.05) is 0 Å².